The van der Waals surface area contributed by atoms with Crippen molar-refractivity contribution in [3.8, 4) is 5.75 Å². The summed E-state index contributed by atoms with van der Waals surface area (Å²) in [5.41, 5.74) is 1.32. The van der Waals surface area contributed by atoms with Crippen LogP contribution < -0.4 is 10.1 Å². The average Bonchev–Trinajstić information content (AvgIpc) is 3.22. The monoisotopic (exact) mass is 277 g/mol. The highest BCUT2D eigenvalue weighted by atomic mass is 16.5. The Bertz CT molecular complexity index is 404. The summed E-state index contributed by atoms with van der Waals surface area (Å²) in [5.74, 6) is 1.67. The summed E-state index contributed by atoms with van der Waals surface area (Å²) < 4.78 is 11.3. The number of hydrogen-bond donors (Lipinski definition) is 1. The van der Waals surface area contributed by atoms with Gasteiger partial charge in [0.2, 0.25) is 0 Å². The number of benzene rings is 1. The number of ether oxygens (including phenoxy) is 2. The highest BCUT2D eigenvalue weighted by molar-refractivity contribution is 5.28. The third-order valence-corrected chi connectivity index (χ3v) is 3.54. The summed E-state index contributed by atoms with van der Waals surface area (Å²) in [6.45, 7) is 8.25. The third kappa shape index (κ3) is 5.14. The van der Waals surface area contributed by atoms with Crippen molar-refractivity contribution in [3.05, 3.63) is 29.8 Å². The molecule has 1 aliphatic carbocycles. The fourth-order valence-electron chi connectivity index (χ4n) is 2.03. The van der Waals surface area contributed by atoms with Crippen molar-refractivity contribution in [1.82, 2.24) is 5.32 Å². The van der Waals surface area contributed by atoms with Crippen LogP contribution in [0.5, 0.6) is 5.75 Å². The number of hydrogen-bond acceptors (Lipinski definition) is 3. The first kappa shape index (κ1) is 15.3. The molecule has 0 saturated heterocycles. The minimum absolute atomic E-state index is 0.105. The molecule has 0 aromatic heterocycles. The van der Waals surface area contributed by atoms with Gasteiger partial charge in [0.1, 0.15) is 5.75 Å². The molecule has 1 saturated carbocycles. The van der Waals surface area contributed by atoms with Gasteiger partial charge in [-0.15, -0.1) is 0 Å². The van der Waals surface area contributed by atoms with Crippen molar-refractivity contribution in [1.29, 1.82) is 0 Å². The quantitative estimate of drug-likeness (QED) is 0.826. The first-order valence-electron chi connectivity index (χ1n) is 7.48. The first-order chi connectivity index (χ1) is 9.48. The largest absolute Gasteiger partial charge is 0.497 e. The van der Waals surface area contributed by atoms with Gasteiger partial charge in [-0.3, -0.25) is 0 Å². The Morgan fingerprint density at radius 1 is 1.20 bits per heavy atom. The maximum absolute atomic E-state index is 6.12. The van der Waals surface area contributed by atoms with Crippen LogP contribution in [0, 0.1) is 5.92 Å². The summed E-state index contributed by atoms with van der Waals surface area (Å²) >= 11 is 0. The van der Waals surface area contributed by atoms with Crippen LogP contribution in [0.15, 0.2) is 24.3 Å². The molecule has 3 heteroatoms. The maximum Gasteiger partial charge on any atom is 0.118 e. The molecule has 1 atom stereocenters. The van der Waals surface area contributed by atoms with Crippen LogP contribution in [0.4, 0.5) is 0 Å². The van der Waals surface area contributed by atoms with Crippen molar-refractivity contribution in [2.75, 3.05) is 20.3 Å². The normalized spacial score (nSPS) is 17.0. The van der Waals surface area contributed by atoms with Gasteiger partial charge >= 0.3 is 0 Å². The molecule has 1 unspecified atom stereocenters. The molecule has 0 radical (unpaired) electrons. The maximum atomic E-state index is 6.12. The van der Waals surface area contributed by atoms with Gasteiger partial charge in [0.25, 0.3) is 0 Å². The standard InChI is InChI=1S/C17H27NO2/c1-17(2,3)18-11-16(20-12-13-5-6-13)14-7-9-15(19-4)10-8-14/h7-10,13,16,18H,5-6,11-12H2,1-4H3. The van der Waals surface area contributed by atoms with Gasteiger partial charge < -0.3 is 14.8 Å². The Balaban J connectivity index is 1.98. The summed E-state index contributed by atoms with van der Waals surface area (Å²) in [5, 5.41) is 3.54. The number of nitrogens with one attached hydrogen (secondary N) is 1. The van der Waals surface area contributed by atoms with E-state index in [4.69, 9.17) is 9.47 Å². The summed E-state index contributed by atoms with van der Waals surface area (Å²) in [7, 11) is 1.69. The van der Waals surface area contributed by atoms with Gasteiger partial charge in [0.15, 0.2) is 0 Å². The topological polar surface area (TPSA) is 30.5 Å². The lowest BCUT2D eigenvalue weighted by Crippen LogP contribution is -2.39. The zero-order valence-corrected chi connectivity index (χ0v) is 13.1. The second-order valence-corrected chi connectivity index (χ2v) is 6.67. The van der Waals surface area contributed by atoms with Gasteiger partial charge in [-0.1, -0.05) is 12.1 Å². The molecule has 1 aliphatic rings. The van der Waals surface area contributed by atoms with Crippen LogP contribution in [0.1, 0.15) is 45.3 Å². The lowest BCUT2D eigenvalue weighted by molar-refractivity contribution is 0.0412. The van der Waals surface area contributed by atoms with E-state index in [1.165, 1.54) is 18.4 Å². The van der Waals surface area contributed by atoms with Gasteiger partial charge in [-0.05, 0) is 57.2 Å². The van der Waals surface area contributed by atoms with Crippen LogP contribution in [0.25, 0.3) is 0 Å². The molecule has 1 aromatic rings. The van der Waals surface area contributed by atoms with Crippen LogP contribution in [-0.2, 0) is 4.74 Å². The van der Waals surface area contributed by atoms with Crippen LogP contribution in [0.3, 0.4) is 0 Å². The second kappa shape index (κ2) is 6.59. The number of rotatable bonds is 7. The Hall–Kier alpha value is -1.06. The van der Waals surface area contributed by atoms with E-state index in [9.17, 15) is 0 Å². The van der Waals surface area contributed by atoms with Crippen molar-refractivity contribution >= 4 is 0 Å². The molecule has 0 bridgehead atoms. The Kier molecular flexibility index (Phi) is 5.06. The SMILES string of the molecule is COc1ccc(C(CNC(C)(C)C)OCC2CC2)cc1. The third-order valence-electron chi connectivity index (χ3n) is 3.54. The van der Waals surface area contributed by atoms with Gasteiger partial charge in [0, 0.05) is 12.1 Å². The van der Waals surface area contributed by atoms with Gasteiger partial charge in [-0.25, -0.2) is 0 Å². The van der Waals surface area contributed by atoms with Crippen molar-refractivity contribution in [3.63, 3.8) is 0 Å². The van der Waals surface area contributed by atoms with Crippen molar-refractivity contribution in [2.45, 2.75) is 45.3 Å². The van der Waals surface area contributed by atoms with E-state index in [0.29, 0.717) is 0 Å². The first-order valence-corrected chi connectivity index (χ1v) is 7.48. The Morgan fingerprint density at radius 2 is 1.85 bits per heavy atom. The summed E-state index contributed by atoms with van der Waals surface area (Å²) in [6, 6.07) is 8.20. The van der Waals surface area contributed by atoms with Crippen LogP contribution in [0.2, 0.25) is 0 Å². The van der Waals surface area contributed by atoms with Crippen molar-refractivity contribution in [2.24, 2.45) is 5.92 Å². The predicted molar refractivity (Wildman–Crippen MR) is 82.2 cm³/mol. The fraction of sp³-hybridized carbons (Fsp3) is 0.647. The van der Waals surface area contributed by atoms with E-state index in [1.807, 2.05) is 12.1 Å². The molecule has 0 amide bonds. The zero-order chi connectivity index (χ0) is 14.6. The fourth-order valence-corrected chi connectivity index (χ4v) is 2.03. The van der Waals surface area contributed by atoms with Crippen LogP contribution in [-0.4, -0.2) is 25.8 Å². The average molecular weight is 277 g/mol. The predicted octanol–water partition coefficient (Wildman–Crippen LogP) is 3.55. The molecule has 1 fully saturated rings. The smallest absolute Gasteiger partial charge is 0.118 e. The summed E-state index contributed by atoms with van der Waals surface area (Å²) in [6.07, 6.45) is 2.75. The minimum atomic E-state index is 0.105. The van der Waals surface area contributed by atoms with E-state index in [0.717, 1.165) is 24.8 Å². The van der Waals surface area contributed by atoms with E-state index in [2.05, 4.69) is 38.2 Å². The molecule has 0 aliphatic heterocycles. The van der Waals surface area contributed by atoms with E-state index in [-0.39, 0.29) is 11.6 Å². The molecule has 1 N–H and O–H groups in total. The Morgan fingerprint density at radius 3 is 2.35 bits per heavy atom. The highest BCUT2D eigenvalue weighted by Crippen LogP contribution is 2.31. The zero-order valence-electron chi connectivity index (χ0n) is 13.1. The Labute approximate surface area is 122 Å². The lowest BCUT2D eigenvalue weighted by Gasteiger charge is -2.26. The van der Waals surface area contributed by atoms with E-state index < -0.39 is 0 Å². The molecule has 2 rings (SSSR count). The summed E-state index contributed by atoms with van der Waals surface area (Å²) in [4.78, 5) is 0. The molecule has 20 heavy (non-hydrogen) atoms. The van der Waals surface area contributed by atoms with Crippen molar-refractivity contribution < 1.29 is 9.47 Å². The molecule has 112 valence electrons. The van der Waals surface area contributed by atoms with E-state index in [1.54, 1.807) is 7.11 Å². The molecule has 0 spiro atoms. The lowest BCUT2D eigenvalue weighted by atomic mass is 10.1. The van der Waals surface area contributed by atoms with Gasteiger partial charge in [0.05, 0.1) is 19.8 Å². The number of methoxy groups -OCH3 is 1. The van der Waals surface area contributed by atoms with E-state index >= 15 is 0 Å². The second-order valence-electron chi connectivity index (χ2n) is 6.67. The highest BCUT2D eigenvalue weighted by Gasteiger charge is 2.24. The molecular formula is C17H27NO2. The molecule has 3 nitrogen and oxygen atoms in total. The molecule has 1 aromatic carbocycles. The minimum Gasteiger partial charge on any atom is -0.497 e. The molecule has 0 heterocycles. The van der Waals surface area contributed by atoms with Crippen LogP contribution >= 0.6 is 0 Å². The van der Waals surface area contributed by atoms with Gasteiger partial charge in [-0.2, -0.15) is 0 Å². The molecular weight excluding hydrogens is 250 g/mol.